The van der Waals surface area contributed by atoms with Gasteiger partial charge in [0.15, 0.2) is 0 Å². The van der Waals surface area contributed by atoms with Crippen molar-refractivity contribution >= 4 is 35.5 Å². The average Bonchev–Trinajstić information content (AvgIpc) is 2.05. The van der Waals surface area contributed by atoms with Gasteiger partial charge in [0.2, 0.25) is 0 Å². The Morgan fingerprint density at radius 2 is 1.85 bits per heavy atom. The molecule has 1 aromatic carbocycles. The van der Waals surface area contributed by atoms with Gasteiger partial charge in [-0.1, -0.05) is 18.2 Å². The Bertz CT molecular complexity index is 301. The Hall–Kier alpha value is -0.910. The third-order valence-corrected chi connectivity index (χ3v) is 1.17. The van der Waals surface area contributed by atoms with E-state index in [9.17, 15) is 14.9 Å². The van der Waals surface area contributed by atoms with Gasteiger partial charge in [-0.2, -0.15) is 0 Å². The summed E-state index contributed by atoms with van der Waals surface area (Å²) in [6.45, 7) is 0. The second-order valence-electron chi connectivity index (χ2n) is 1.97. The van der Waals surface area contributed by atoms with Gasteiger partial charge in [0, 0.05) is 5.56 Å². The Labute approximate surface area is 96.1 Å². The van der Waals surface area contributed by atoms with Crippen LogP contribution in [0.15, 0.2) is 30.3 Å². The fourth-order valence-electron chi connectivity index (χ4n) is 0.695. The zero-order valence-electron chi connectivity index (χ0n) is 5.97. The minimum atomic E-state index is -1.13. The van der Waals surface area contributed by atoms with Gasteiger partial charge in [-0.25, -0.2) is 4.84 Å². The maximum atomic E-state index is 10.8. The van der Waals surface area contributed by atoms with E-state index in [4.69, 9.17) is 0 Å². The zero-order chi connectivity index (χ0) is 8.97. The molecule has 0 aromatic heterocycles. The van der Waals surface area contributed by atoms with Crippen molar-refractivity contribution in [3.63, 3.8) is 0 Å². The molecule has 1 rings (SSSR count). The Morgan fingerprint density at radius 3 is 2.31 bits per heavy atom. The van der Waals surface area contributed by atoms with Crippen molar-refractivity contribution < 1.29 is 14.7 Å². The first-order valence-corrected chi connectivity index (χ1v) is 3.12. The molecule has 64 valence electrons. The van der Waals surface area contributed by atoms with E-state index < -0.39 is 11.1 Å². The van der Waals surface area contributed by atoms with E-state index in [0.717, 1.165) is 0 Å². The third-order valence-electron chi connectivity index (χ3n) is 1.17. The van der Waals surface area contributed by atoms with Crippen LogP contribution in [-0.4, -0.2) is 40.6 Å². The summed E-state index contributed by atoms with van der Waals surface area (Å²) in [7, 11) is 0. The number of hydrogen-bond donors (Lipinski definition) is 0. The standard InChI is InChI=1S/C7H5NO4.Na.H/c9-7(12-8(10)11)6-4-2-1-3-5-6;;/h1-5H;;. The molecule has 1 aromatic rings. The topological polar surface area (TPSA) is 69.4 Å². The predicted molar refractivity (Wildman–Crippen MR) is 46.0 cm³/mol. The van der Waals surface area contributed by atoms with Crippen molar-refractivity contribution in [1.29, 1.82) is 0 Å². The van der Waals surface area contributed by atoms with Crippen molar-refractivity contribution in [2.45, 2.75) is 0 Å². The normalized spacial score (nSPS) is 8.31. The molecular formula is C7H6NNaO4. The van der Waals surface area contributed by atoms with Gasteiger partial charge in [-0.3, -0.25) is 4.79 Å². The molecule has 0 saturated carbocycles. The van der Waals surface area contributed by atoms with E-state index in [2.05, 4.69) is 4.84 Å². The van der Waals surface area contributed by atoms with Crippen LogP contribution in [-0.2, 0) is 4.84 Å². The molecule has 0 heterocycles. The molecule has 0 amide bonds. The quantitative estimate of drug-likeness (QED) is 0.385. The summed E-state index contributed by atoms with van der Waals surface area (Å²) in [5, 5.41) is 8.62. The van der Waals surface area contributed by atoms with Gasteiger partial charge in [0.1, 0.15) is 0 Å². The van der Waals surface area contributed by atoms with Crippen LogP contribution in [0.4, 0.5) is 0 Å². The van der Waals surface area contributed by atoms with Crippen LogP contribution in [0.5, 0.6) is 0 Å². The average molecular weight is 191 g/mol. The van der Waals surface area contributed by atoms with E-state index in [-0.39, 0.29) is 35.1 Å². The number of rotatable bonds is 2. The van der Waals surface area contributed by atoms with Gasteiger partial charge < -0.3 is 0 Å². The van der Waals surface area contributed by atoms with Crippen LogP contribution < -0.4 is 0 Å². The molecule has 0 bridgehead atoms. The van der Waals surface area contributed by atoms with E-state index in [1.807, 2.05) is 0 Å². The molecule has 0 aliphatic heterocycles. The number of carbonyl (C=O) groups is 1. The van der Waals surface area contributed by atoms with Crippen LogP contribution in [0, 0.1) is 10.1 Å². The van der Waals surface area contributed by atoms with Crippen molar-refractivity contribution in [3.05, 3.63) is 46.0 Å². The van der Waals surface area contributed by atoms with Crippen LogP contribution in [0.2, 0.25) is 0 Å². The van der Waals surface area contributed by atoms with Crippen LogP contribution in [0.1, 0.15) is 10.4 Å². The van der Waals surface area contributed by atoms with E-state index in [0.29, 0.717) is 0 Å². The molecule has 6 heteroatoms. The fraction of sp³-hybridized carbons (Fsp3) is 0. The summed E-state index contributed by atoms with van der Waals surface area (Å²) in [4.78, 5) is 24.3. The summed E-state index contributed by atoms with van der Waals surface area (Å²) in [6, 6.07) is 7.76. The maximum absolute atomic E-state index is 10.8. The third kappa shape index (κ3) is 4.02. The summed E-state index contributed by atoms with van der Waals surface area (Å²) in [5.41, 5.74) is 0.161. The minimum absolute atomic E-state index is 0. The molecule has 0 unspecified atom stereocenters. The van der Waals surface area contributed by atoms with Crippen LogP contribution in [0.3, 0.4) is 0 Å². The second-order valence-corrected chi connectivity index (χ2v) is 1.97. The van der Waals surface area contributed by atoms with Gasteiger partial charge in [-0.15, -0.1) is 10.1 Å². The fourth-order valence-corrected chi connectivity index (χ4v) is 0.695. The van der Waals surface area contributed by atoms with Gasteiger partial charge in [-0.05, 0) is 12.1 Å². The molecule has 0 N–H and O–H groups in total. The Kier molecular flexibility index (Phi) is 5.29. The number of nitrogens with zero attached hydrogens (tertiary/aromatic N) is 1. The molecule has 13 heavy (non-hydrogen) atoms. The monoisotopic (exact) mass is 191 g/mol. The number of carbonyl (C=O) groups excluding carboxylic acids is 1. The van der Waals surface area contributed by atoms with Crippen molar-refractivity contribution in [1.82, 2.24) is 0 Å². The Morgan fingerprint density at radius 1 is 1.31 bits per heavy atom. The molecule has 0 atom stereocenters. The van der Waals surface area contributed by atoms with E-state index in [1.54, 1.807) is 18.2 Å². The summed E-state index contributed by atoms with van der Waals surface area (Å²) < 4.78 is 0. The molecule has 5 nitrogen and oxygen atoms in total. The first kappa shape index (κ1) is 12.1. The molecule has 0 aliphatic rings. The Balaban J connectivity index is 0.00000144. The summed E-state index contributed by atoms with van der Waals surface area (Å²) in [6.07, 6.45) is 0. The molecule has 0 radical (unpaired) electrons. The van der Waals surface area contributed by atoms with Gasteiger partial charge >= 0.3 is 40.6 Å². The zero-order valence-corrected chi connectivity index (χ0v) is 5.97. The molecule has 0 spiro atoms. The SMILES string of the molecule is O=C(O[N+](=O)[O-])c1ccccc1.[NaH]. The second kappa shape index (κ2) is 5.69. The van der Waals surface area contributed by atoms with Gasteiger partial charge in [0.25, 0.3) is 0 Å². The number of hydrogen-bond acceptors (Lipinski definition) is 4. The molecule has 0 saturated heterocycles. The van der Waals surface area contributed by atoms with E-state index >= 15 is 0 Å². The van der Waals surface area contributed by atoms with Crippen molar-refractivity contribution in [2.24, 2.45) is 0 Å². The predicted octanol–water partition coefficient (Wildman–Crippen LogP) is 0.387. The van der Waals surface area contributed by atoms with Crippen LogP contribution in [0.25, 0.3) is 0 Å². The summed E-state index contributed by atoms with van der Waals surface area (Å²) >= 11 is 0. The molecule has 0 fully saturated rings. The number of benzene rings is 1. The first-order valence-electron chi connectivity index (χ1n) is 3.12. The molecular weight excluding hydrogens is 185 g/mol. The van der Waals surface area contributed by atoms with Crippen LogP contribution >= 0.6 is 0 Å². The first-order chi connectivity index (χ1) is 5.70. The van der Waals surface area contributed by atoms with Crippen molar-refractivity contribution in [3.8, 4) is 0 Å². The van der Waals surface area contributed by atoms with E-state index in [1.165, 1.54) is 12.1 Å². The molecule has 0 aliphatic carbocycles. The summed E-state index contributed by atoms with van der Waals surface area (Å²) in [5.74, 6) is -0.958. The van der Waals surface area contributed by atoms with Gasteiger partial charge in [0.05, 0.1) is 0 Å². The van der Waals surface area contributed by atoms with Crippen molar-refractivity contribution in [2.75, 3.05) is 0 Å².